The molecule has 3 aromatic heterocycles. The highest BCUT2D eigenvalue weighted by molar-refractivity contribution is 9.11. The smallest absolute Gasteiger partial charge is 0.311 e. The number of carbonyl (C=O) groups excluding carboxylic acids is 2. The third kappa shape index (κ3) is 2.86. The summed E-state index contributed by atoms with van der Waals surface area (Å²) in [4.78, 5) is 30.0. The van der Waals surface area contributed by atoms with Gasteiger partial charge in [-0.05, 0) is 35.0 Å². The highest BCUT2D eigenvalue weighted by atomic mass is 79.9. The molecule has 0 spiro atoms. The largest absolute Gasteiger partial charge is 0.466 e. The molecule has 0 N–H and O–H groups in total. The van der Waals surface area contributed by atoms with E-state index in [0.717, 1.165) is 19.8 Å². The van der Waals surface area contributed by atoms with Crippen LogP contribution in [0.25, 0.3) is 15.5 Å². The molecule has 0 saturated heterocycles. The summed E-state index contributed by atoms with van der Waals surface area (Å²) in [6.45, 7) is 2.13. The number of rotatable bonds is 5. The standard InChI is InChI=1S/C14H11BrN2O3S2/c1-2-20-12(19)5-8-6-17-9(7-18)13(16-14(17)21-8)10-3-4-11(15)22-10/h3-4,6-7H,2,5H2,1H3. The number of esters is 1. The van der Waals surface area contributed by atoms with Crippen molar-refractivity contribution in [3.63, 3.8) is 0 Å². The molecule has 0 aromatic carbocycles. The Morgan fingerprint density at radius 1 is 1.45 bits per heavy atom. The molecule has 0 bridgehead atoms. The minimum atomic E-state index is -0.276. The van der Waals surface area contributed by atoms with Gasteiger partial charge < -0.3 is 4.74 Å². The highest BCUT2D eigenvalue weighted by Gasteiger charge is 2.18. The SMILES string of the molecule is CCOC(=O)Cc1cn2c(C=O)c(-c3ccc(Br)s3)nc2s1. The van der Waals surface area contributed by atoms with Crippen LogP contribution < -0.4 is 0 Å². The van der Waals surface area contributed by atoms with E-state index in [1.807, 2.05) is 12.1 Å². The van der Waals surface area contributed by atoms with Crippen LogP contribution in [0.3, 0.4) is 0 Å². The number of nitrogens with zero attached hydrogens (tertiary/aromatic N) is 2. The van der Waals surface area contributed by atoms with Gasteiger partial charge in [0.05, 0.1) is 21.7 Å². The van der Waals surface area contributed by atoms with E-state index < -0.39 is 0 Å². The molecule has 0 radical (unpaired) electrons. The molecule has 3 rings (SSSR count). The van der Waals surface area contributed by atoms with Crippen LogP contribution in [0.2, 0.25) is 0 Å². The zero-order valence-electron chi connectivity index (χ0n) is 11.5. The maximum Gasteiger partial charge on any atom is 0.311 e. The minimum Gasteiger partial charge on any atom is -0.466 e. The van der Waals surface area contributed by atoms with Crippen LogP contribution in [-0.4, -0.2) is 28.2 Å². The van der Waals surface area contributed by atoms with E-state index >= 15 is 0 Å². The van der Waals surface area contributed by atoms with Crippen LogP contribution in [0.4, 0.5) is 0 Å². The van der Waals surface area contributed by atoms with Gasteiger partial charge in [0.2, 0.25) is 0 Å². The number of ether oxygens (including phenoxy) is 1. The predicted molar refractivity (Wildman–Crippen MR) is 89.8 cm³/mol. The van der Waals surface area contributed by atoms with Gasteiger partial charge >= 0.3 is 5.97 Å². The van der Waals surface area contributed by atoms with Gasteiger partial charge in [0.25, 0.3) is 0 Å². The molecule has 114 valence electrons. The summed E-state index contributed by atoms with van der Waals surface area (Å²) in [5, 5.41) is 0. The van der Waals surface area contributed by atoms with E-state index in [4.69, 9.17) is 4.74 Å². The number of halogens is 1. The molecule has 0 aliphatic carbocycles. The monoisotopic (exact) mass is 398 g/mol. The first-order chi connectivity index (χ1) is 10.6. The Balaban J connectivity index is 1.99. The van der Waals surface area contributed by atoms with Crippen LogP contribution in [0.5, 0.6) is 0 Å². The summed E-state index contributed by atoms with van der Waals surface area (Å²) in [5.74, 6) is -0.276. The zero-order chi connectivity index (χ0) is 15.7. The lowest BCUT2D eigenvalue weighted by atomic mass is 10.3. The van der Waals surface area contributed by atoms with Crippen LogP contribution >= 0.6 is 38.6 Å². The molecule has 0 aliphatic rings. The number of imidazole rings is 1. The van der Waals surface area contributed by atoms with Crippen molar-refractivity contribution in [3.05, 3.63) is 32.7 Å². The van der Waals surface area contributed by atoms with Crippen molar-refractivity contribution in [2.75, 3.05) is 6.61 Å². The van der Waals surface area contributed by atoms with E-state index in [-0.39, 0.29) is 12.4 Å². The van der Waals surface area contributed by atoms with E-state index in [0.29, 0.717) is 23.0 Å². The number of thiophene rings is 1. The molecule has 0 amide bonds. The quantitative estimate of drug-likeness (QED) is 0.484. The topological polar surface area (TPSA) is 60.7 Å². The summed E-state index contributed by atoms with van der Waals surface area (Å²) in [6, 6.07) is 3.85. The van der Waals surface area contributed by atoms with Gasteiger partial charge in [-0.3, -0.25) is 14.0 Å². The second-order valence-corrected chi connectivity index (χ2v) is 7.96. The number of aldehydes is 1. The van der Waals surface area contributed by atoms with Gasteiger partial charge in [0.1, 0.15) is 11.4 Å². The van der Waals surface area contributed by atoms with E-state index in [1.165, 1.54) is 22.7 Å². The Morgan fingerprint density at radius 2 is 2.27 bits per heavy atom. The number of aromatic nitrogens is 2. The zero-order valence-corrected chi connectivity index (χ0v) is 14.8. The molecule has 3 aromatic rings. The molecular formula is C14H11BrN2O3S2. The maximum atomic E-state index is 11.5. The fraction of sp³-hybridized carbons (Fsp3) is 0.214. The normalized spacial score (nSPS) is 11.0. The third-order valence-electron chi connectivity index (χ3n) is 2.95. The van der Waals surface area contributed by atoms with Gasteiger partial charge in [-0.25, -0.2) is 4.98 Å². The molecule has 5 nitrogen and oxygen atoms in total. The van der Waals surface area contributed by atoms with Crippen LogP contribution in [0.1, 0.15) is 22.3 Å². The first-order valence-corrected chi connectivity index (χ1v) is 8.92. The maximum absolute atomic E-state index is 11.5. The van der Waals surface area contributed by atoms with Crippen molar-refractivity contribution in [1.82, 2.24) is 9.38 Å². The van der Waals surface area contributed by atoms with Gasteiger partial charge in [-0.2, -0.15) is 0 Å². The van der Waals surface area contributed by atoms with Crippen molar-refractivity contribution < 1.29 is 14.3 Å². The highest BCUT2D eigenvalue weighted by Crippen LogP contribution is 2.34. The number of carbonyl (C=O) groups is 2. The van der Waals surface area contributed by atoms with E-state index in [9.17, 15) is 9.59 Å². The lowest BCUT2D eigenvalue weighted by molar-refractivity contribution is -0.142. The fourth-order valence-corrected chi connectivity index (χ4v) is 4.43. The molecular weight excluding hydrogens is 388 g/mol. The van der Waals surface area contributed by atoms with Crippen LogP contribution in [-0.2, 0) is 16.0 Å². The van der Waals surface area contributed by atoms with Crippen molar-refractivity contribution in [2.24, 2.45) is 0 Å². The van der Waals surface area contributed by atoms with Crippen LogP contribution in [0, 0.1) is 0 Å². The number of hydrogen-bond acceptors (Lipinski definition) is 6. The Kier molecular flexibility index (Phi) is 4.42. The lowest BCUT2D eigenvalue weighted by Crippen LogP contribution is -2.06. The van der Waals surface area contributed by atoms with Crippen molar-refractivity contribution in [3.8, 4) is 10.6 Å². The average Bonchev–Trinajstić information content (AvgIpc) is 3.12. The van der Waals surface area contributed by atoms with Gasteiger partial charge in [0, 0.05) is 11.1 Å². The molecule has 8 heteroatoms. The molecule has 22 heavy (non-hydrogen) atoms. The predicted octanol–water partition coefficient (Wildman–Crippen LogP) is 3.80. The Labute approximate surface area is 142 Å². The van der Waals surface area contributed by atoms with E-state index in [1.54, 1.807) is 17.5 Å². The summed E-state index contributed by atoms with van der Waals surface area (Å²) in [6.07, 6.45) is 2.77. The van der Waals surface area contributed by atoms with Crippen LogP contribution in [0.15, 0.2) is 22.1 Å². The molecule has 0 fully saturated rings. The molecule has 0 atom stereocenters. The molecule has 0 aliphatic heterocycles. The number of hydrogen-bond donors (Lipinski definition) is 0. The average molecular weight is 399 g/mol. The minimum absolute atomic E-state index is 0.194. The van der Waals surface area contributed by atoms with Gasteiger partial charge in [0.15, 0.2) is 11.2 Å². The number of thiazole rings is 1. The van der Waals surface area contributed by atoms with Gasteiger partial charge in [-0.1, -0.05) is 0 Å². The van der Waals surface area contributed by atoms with Gasteiger partial charge in [-0.15, -0.1) is 22.7 Å². The Hall–Kier alpha value is -1.51. The summed E-state index contributed by atoms with van der Waals surface area (Å²) >= 11 is 6.32. The number of fused-ring (bicyclic) bond motifs is 1. The molecule has 0 unspecified atom stereocenters. The first kappa shape index (κ1) is 15.4. The van der Waals surface area contributed by atoms with E-state index in [2.05, 4.69) is 20.9 Å². The first-order valence-electron chi connectivity index (χ1n) is 6.49. The second-order valence-electron chi connectivity index (χ2n) is 4.40. The summed E-state index contributed by atoms with van der Waals surface area (Å²) in [7, 11) is 0. The summed E-state index contributed by atoms with van der Waals surface area (Å²) < 4.78 is 7.65. The fourth-order valence-electron chi connectivity index (χ4n) is 2.08. The Morgan fingerprint density at radius 3 is 2.91 bits per heavy atom. The lowest BCUT2D eigenvalue weighted by Gasteiger charge is -1.98. The third-order valence-corrected chi connectivity index (χ3v) is 5.57. The Bertz CT molecular complexity index is 850. The molecule has 3 heterocycles. The summed E-state index contributed by atoms with van der Waals surface area (Å²) in [5.41, 5.74) is 1.16. The molecule has 0 saturated carbocycles. The van der Waals surface area contributed by atoms with Crippen molar-refractivity contribution in [2.45, 2.75) is 13.3 Å². The van der Waals surface area contributed by atoms with Crippen molar-refractivity contribution >= 4 is 55.8 Å². The second kappa shape index (κ2) is 6.31. The van der Waals surface area contributed by atoms with Crippen molar-refractivity contribution in [1.29, 1.82) is 0 Å².